The Kier molecular flexibility index (Phi) is 7.68. The molecule has 0 spiro atoms. The Morgan fingerprint density at radius 1 is 0.871 bits per heavy atom. The first-order chi connectivity index (χ1) is 15.0. The zero-order chi connectivity index (χ0) is 22.2. The van der Waals surface area contributed by atoms with Crippen LogP contribution < -0.4 is 10.6 Å². The second kappa shape index (κ2) is 10.6. The summed E-state index contributed by atoms with van der Waals surface area (Å²) < 4.78 is 0. The molecule has 0 saturated carbocycles. The lowest BCUT2D eigenvalue weighted by Gasteiger charge is -2.12. The van der Waals surface area contributed by atoms with Crippen LogP contribution in [0, 0.1) is 0 Å². The summed E-state index contributed by atoms with van der Waals surface area (Å²) >= 11 is 1.63. The molecule has 0 bridgehead atoms. The summed E-state index contributed by atoms with van der Waals surface area (Å²) in [4.78, 5) is 26.8. The predicted molar refractivity (Wildman–Crippen MR) is 129 cm³/mol. The molecule has 5 heteroatoms. The Balaban J connectivity index is 1.86. The van der Waals surface area contributed by atoms with Crippen LogP contribution in [0.25, 0.3) is 6.08 Å². The summed E-state index contributed by atoms with van der Waals surface area (Å²) in [5.74, 6) is -0.296. The first kappa shape index (κ1) is 22.4. The van der Waals surface area contributed by atoms with Crippen molar-refractivity contribution >= 4 is 35.3 Å². The summed E-state index contributed by atoms with van der Waals surface area (Å²) in [6.07, 6.45) is 3.69. The van der Waals surface area contributed by atoms with Gasteiger partial charge in [-0.2, -0.15) is 0 Å². The van der Waals surface area contributed by atoms with Crippen LogP contribution >= 0.6 is 11.8 Å². The fourth-order valence-corrected chi connectivity index (χ4v) is 3.37. The van der Waals surface area contributed by atoms with Gasteiger partial charge in [0, 0.05) is 16.1 Å². The van der Waals surface area contributed by atoms with Crippen LogP contribution in [0.5, 0.6) is 0 Å². The average Bonchev–Trinajstić information content (AvgIpc) is 2.80. The molecule has 0 fully saturated rings. The van der Waals surface area contributed by atoms with Crippen molar-refractivity contribution < 1.29 is 9.59 Å². The van der Waals surface area contributed by atoms with Crippen molar-refractivity contribution in [1.29, 1.82) is 0 Å². The lowest BCUT2D eigenvalue weighted by Crippen LogP contribution is -2.30. The molecule has 2 amide bonds. The van der Waals surface area contributed by atoms with Crippen LogP contribution in [0.15, 0.2) is 89.5 Å². The van der Waals surface area contributed by atoms with Crippen LogP contribution in [0.3, 0.4) is 0 Å². The number of rotatable bonds is 7. The zero-order valence-corrected chi connectivity index (χ0v) is 18.7. The third-order valence-corrected chi connectivity index (χ3v) is 5.53. The van der Waals surface area contributed by atoms with Gasteiger partial charge < -0.3 is 10.6 Å². The number of anilines is 1. The lowest BCUT2D eigenvalue weighted by molar-refractivity contribution is -0.113. The molecule has 158 valence electrons. The maximum absolute atomic E-state index is 13.0. The van der Waals surface area contributed by atoms with E-state index in [1.807, 2.05) is 60.9 Å². The highest BCUT2D eigenvalue weighted by Gasteiger charge is 2.15. The van der Waals surface area contributed by atoms with E-state index >= 15 is 0 Å². The maximum Gasteiger partial charge on any atom is 0.272 e. The van der Waals surface area contributed by atoms with E-state index in [0.717, 1.165) is 10.5 Å². The first-order valence-electron chi connectivity index (χ1n) is 10.1. The molecule has 0 aliphatic carbocycles. The summed E-state index contributed by atoms with van der Waals surface area (Å²) in [5, 5.41) is 5.64. The Labute approximate surface area is 187 Å². The molecule has 0 radical (unpaired) electrons. The molecule has 3 aromatic rings. The largest absolute Gasteiger partial charge is 0.321 e. The van der Waals surface area contributed by atoms with Gasteiger partial charge in [0.15, 0.2) is 0 Å². The summed E-state index contributed by atoms with van der Waals surface area (Å²) in [5.41, 5.74) is 3.38. The van der Waals surface area contributed by atoms with Gasteiger partial charge in [-0.25, -0.2) is 0 Å². The van der Waals surface area contributed by atoms with Gasteiger partial charge in [-0.1, -0.05) is 56.3 Å². The quantitative estimate of drug-likeness (QED) is 0.360. The third kappa shape index (κ3) is 6.33. The van der Waals surface area contributed by atoms with Crippen molar-refractivity contribution in [1.82, 2.24) is 5.32 Å². The predicted octanol–water partition coefficient (Wildman–Crippen LogP) is 5.94. The van der Waals surface area contributed by atoms with Crippen molar-refractivity contribution in [3.8, 4) is 0 Å². The Morgan fingerprint density at radius 2 is 1.52 bits per heavy atom. The summed E-state index contributed by atoms with van der Waals surface area (Å²) in [6, 6.07) is 24.4. The van der Waals surface area contributed by atoms with E-state index in [1.54, 1.807) is 42.1 Å². The second-order valence-electron chi connectivity index (χ2n) is 7.38. The molecule has 0 aromatic heterocycles. The Hall–Kier alpha value is -3.31. The fourth-order valence-electron chi connectivity index (χ4n) is 2.96. The number of nitrogens with one attached hydrogen (secondary N) is 2. The number of benzene rings is 3. The van der Waals surface area contributed by atoms with Gasteiger partial charge in [-0.15, -0.1) is 11.8 Å². The minimum atomic E-state index is -0.380. The van der Waals surface area contributed by atoms with Gasteiger partial charge in [0.2, 0.25) is 0 Å². The van der Waals surface area contributed by atoms with E-state index < -0.39 is 0 Å². The van der Waals surface area contributed by atoms with E-state index in [4.69, 9.17) is 0 Å². The van der Waals surface area contributed by atoms with E-state index in [2.05, 4.69) is 24.5 Å². The molecule has 3 aromatic carbocycles. The van der Waals surface area contributed by atoms with Crippen molar-refractivity contribution in [2.24, 2.45) is 0 Å². The number of carbonyl (C=O) groups excluding carboxylic acids is 2. The highest BCUT2D eigenvalue weighted by atomic mass is 32.2. The average molecular weight is 431 g/mol. The van der Waals surface area contributed by atoms with Crippen LogP contribution in [-0.4, -0.2) is 18.1 Å². The van der Waals surface area contributed by atoms with E-state index in [-0.39, 0.29) is 17.5 Å². The molecule has 0 aliphatic rings. The number of amides is 2. The topological polar surface area (TPSA) is 58.2 Å². The highest BCUT2D eigenvalue weighted by Crippen LogP contribution is 2.19. The van der Waals surface area contributed by atoms with Crippen LogP contribution in [0.1, 0.15) is 41.3 Å². The van der Waals surface area contributed by atoms with Gasteiger partial charge in [0.05, 0.1) is 0 Å². The Morgan fingerprint density at radius 3 is 2.10 bits per heavy atom. The Bertz CT molecular complexity index is 1060. The van der Waals surface area contributed by atoms with Gasteiger partial charge in [-0.3, -0.25) is 9.59 Å². The van der Waals surface area contributed by atoms with E-state index in [9.17, 15) is 9.59 Å². The lowest BCUT2D eigenvalue weighted by atomic mass is 10.0. The van der Waals surface area contributed by atoms with Gasteiger partial charge in [0.25, 0.3) is 11.8 Å². The van der Waals surface area contributed by atoms with Crippen molar-refractivity contribution in [2.45, 2.75) is 24.7 Å². The maximum atomic E-state index is 13.0. The zero-order valence-electron chi connectivity index (χ0n) is 17.9. The minimum Gasteiger partial charge on any atom is -0.321 e. The molecule has 3 rings (SSSR count). The van der Waals surface area contributed by atoms with Crippen molar-refractivity contribution in [2.75, 3.05) is 11.6 Å². The first-order valence-corrected chi connectivity index (χ1v) is 11.3. The second-order valence-corrected chi connectivity index (χ2v) is 8.26. The molecule has 0 atom stereocenters. The third-order valence-electron chi connectivity index (χ3n) is 4.79. The molecule has 2 N–H and O–H groups in total. The van der Waals surface area contributed by atoms with Crippen molar-refractivity contribution in [3.63, 3.8) is 0 Å². The molecule has 0 unspecified atom stereocenters. The van der Waals surface area contributed by atoms with E-state index in [0.29, 0.717) is 17.2 Å². The number of hydrogen-bond acceptors (Lipinski definition) is 3. The van der Waals surface area contributed by atoms with Crippen LogP contribution in [0.4, 0.5) is 5.69 Å². The van der Waals surface area contributed by atoms with Crippen LogP contribution in [0.2, 0.25) is 0 Å². The smallest absolute Gasteiger partial charge is 0.272 e. The molecule has 4 nitrogen and oxygen atoms in total. The summed E-state index contributed by atoms with van der Waals surface area (Å²) in [6.45, 7) is 4.26. The minimum absolute atomic E-state index is 0.181. The van der Waals surface area contributed by atoms with E-state index in [1.165, 1.54) is 5.56 Å². The molecular formula is C26H26N2O2S. The molecule has 31 heavy (non-hydrogen) atoms. The normalized spacial score (nSPS) is 11.3. The number of carbonyl (C=O) groups is 2. The molecular weight excluding hydrogens is 404 g/mol. The SMILES string of the molecule is CSc1ccc(NC(=O)/C(=C/c2ccc(C(C)C)cc2)NC(=O)c2ccccc2)cc1. The van der Waals surface area contributed by atoms with Crippen LogP contribution in [-0.2, 0) is 4.79 Å². The van der Waals surface area contributed by atoms with Crippen molar-refractivity contribution in [3.05, 3.63) is 101 Å². The summed E-state index contributed by atoms with van der Waals surface area (Å²) in [7, 11) is 0. The molecule has 0 heterocycles. The molecule has 0 saturated heterocycles. The van der Waals surface area contributed by atoms with Gasteiger partial charge in [0.1, 0.15) is 5.70 Å². The van der Waals surface area contributed by atoms with Gasteiger partial charge in [-0.05, 0) is 65.8 Å². The number of hydrogen-bond donors (Lipinski definition) is 2. The standard InChI is InChI=1S/C26H26N2O2S/c1-18(2)20-11-9-19(10-12-20)17-24(28-25(29)21-7-5-4-6-8-21)26(30)27-22-13-15-23(31-3)16-14-22/h4-18H,1-3H3,(H,27,30)(H,28,29)/b24-17-. The monoisotopic (exact) mass is 430 g/mol. The molecule has 0 aliphatic heterocycles. The van der Waals surface area contributed by atoms with Gasteiger partial charge >= 0.3 is 0 Å². The fraction of sp³-hybridized carbons (Fsp3) is 0.154. The number of thioether (sulfide) groups is 1. The highest BCUT2D eigenvalue weighted by molar-refractivity contribution is 7.98.